The van der Waals surface area contributed by atoms with Crippen LogP contribution in [0.3, 0.4) is 0 Å². The normalized spacial score (nSPS) is 15.4. The molecule has 1 saturated heterocycles. The van der Waals surface area contributed by atoms with Gasteiger partial charge in [-0.3, -0.25) is 14.4 Å². The molecule has 0 spiro atoms. The van der Waals surface area contributed by atoms with Crippen molar-refractivity contribution in [2.75, 3.05) is 35.3 Å². The lowest BCUT2D eigenvalue weighted by Crippen LogP contribution is -2.25. The Morgan fingerprint density at radius 2 is 1.83 bits per heavy atom. The number of hydrogen-bond donors (Lipinski definition) is 1. The maximum Gasteiger partial charge on any atom is 0.255 e. The molecule has 2 aromatic carbocycles. The van der Waals surface area contributed by atoms with Crippen molar-refractivity contribution in [2.45, 2.75) is 26.2 Å². The molecule has 2 aliphatic rings. The Hall–Kier alpha value is -3.35. The molecule has 0 bridgehead atoms. The summed E-state index contributed by atoms with van der Waals surface area (Å²) in [5.74, 6) is 0.396. The van der Waals surface area contributed by atoms with Gasteiger partial charge in [-0.1, -0.05) is 0 Å². The fourth-order valence-electron chi connectivity index (χ4n) is 3.95. The predicted molar refractivity (Wildman–Crippen MR) is 111 cm³/mol. The second-order valence-electron chi connectivity index (χ2n) is 7.25. The summed E-state index contributed by atoms with van der Waals surface area (Å²) in [6, 6.07) is 10.7. The van der Waals surface area contributed by atoms with Gasteiger partial charge >= 0.3 is 0 Å². The first-order valence-electron chi connectivity index (χ1n) is 9.68. The summed E-state index contributed by atoms with van der Waals surface area (Å²) < 4.78 is 5.45. The molecule has 0 saturated carbocycles. The van der Waals surface area contributed by atoms with Gasteiger partial charge in [0.25, 0.3) is 5.91 Å². The molecule has 0 aliphatic carbocycles. The molecule has 2 aromatic rings. The quantitative estimate of drug-likeness (QED) is 0.866. The zero-order valence-corrected chi connectivity index (χ0v) is 16.5. The highest BCUT2D eigenvalue weighted by atomic mass is 16.5. The van der Waals surface area contributed by atoms with E-state index in [1.807, 2.05) is 12.1 Å². The molecule has 7 nitrogen and oxygen atoms in total. The monoisotopic (exact) mass is 393 g/mol. The molecule has 0 radical (unpaired) electrons. The van der Waals surface area contributed by atoms with Crippen LogP contribution in [-0.4, -0.2) is 37.9 Å². The van der Waals surface area contributed by atoms with Crippen LogP contribution in [-0.2, 0) is 16.0 Å². The molecule has 4 rings (SSSR count). The van der Waals surface area contributed by atoms with E-state index >= 15 is 0 Å². The molecule has 1 N–H and O–H groups in total. The number of amides is 3. The maximum absolute atomic E-state index is 12.7. The van der Waals surface area contributed by atoms with E-state index in [2.05, 4.69) is 5.32 Å². The number of anilines is 3. The zero-order valence-electron chi connectivity index (χ0n) is 16.5. The second-order valence-corrected chi connectivity index (χ2v) is 7.25. The molecule has 2 aliphatic heterocycles. The molecule has 29 heavy (non-hydrogen) atoms. The molecular formula is C22H23N3O4. The van der Waals surface area contributed by atoms with E-state index in [-0.39, 0.29) is 17.7 Å². The van der Waals surface area contributed by atoms with Crippen molar-refractivity contribution >= 4 is 34.8 Å². The van der Waals surface area contributed by atoms with E-state index in [0.29, 0.717) is 36.5 Å². The Bertz CT molecular complexity index is 1000. The number of carbonyl (C=O) groups excluding carboxylic acids is 3. The lowest BCUT2D eigenvalue weighted by atomic mass is 10.1. The van der Waals surface area contributed by atoms with Gasteiger partial charge in [0.05, 0.1) is 12.8 Å². The van der Waals surface area contributed by atoms with Crippen molar-refractivity contribution in [1.82, 2.24) is 0 Å². The Morgan fingerprint density at radius 1 is 1.03 bits per heavy atom. The van der Waals surface area contributed by atoms with Crippen LogP contribution in [0.2, 0.25) is 0 Å². The number of ether oxygens (including phenoxy) is 1. The highest BCUT2D eigenvalue weighted by molar-refractivity contribution is 6.06. The van der Waals surface area contributed by atoms with E-state index in [1.54, 1.807) is 48.1 Å². The van der Waals surface area contributed by atoms with Crippen LogP contribution in [0, 0.1) is 0 Å². The van der Waals surface area contributed by atoms with Crippen molar-refractivity contribution in [3.05, 3.63) is 47.5 Å². The second kappa shape index (κ2) is 7.58. The van der Waals surface area contributed by atoms with Gasteiger partial charge in [-0.05, 0) is 48.7 Å². The number of methoxy groups -OCH3 is 1. The van der Waals surface area contributed by atoms with Crippen LogP contribution >= 0.6 is 0 Å². The van der Waals surface area contributed by atoms with Crippen LogP contribution in [0.25, 0.3) is 0 Å². The fourth-order valence-corrected chi connectivity index (χ4v) is 3.95. The SMILES string of the molecule is COc1cc(NC(=O)c2ccc3c(c2)CCN3C(C)=O)ccc1N1CCCC1=O. The minimum absolute atomic E-state index is 0.00428. The van der Waals surface area contributed by atoms with Crippen molar-refractivity contribution in [3.8, 4) is 5.75 Å². The number of benzene rings is 2. The Labute approximate surface area is 169 Å². The van der Waals surface area contributed by atoms with Crippen LogP contribution in [0.1, 0.15) is 35.7 Å². The van der Waals surface area contributed by atoms with Crippen molar-refractivity contribution in [3.63, 3.8) is 0 Å². The number of nitrogens with one attached hydrogen (secondary N) is 1. The minimum Gasteiger partial charge on any atom is -0.494 e. The topological polar surface area (TPSA) is 79.0 Å². The Morgan fingerprint density at radius 3 is 2.52 bits per heavy atom. The predicted octanol–water partition coefficient (Wildman–Crippen LogP) is 2.98. The van der Waals surface area contributed by atoms with Gasteiger partial charge < -0.3 is 19.9 Å². The first kappa shape index (κ1) is 19.0. The molecule has 2 heterocycles. The third kappa shape index (κ3) is 3.55. The lowest BCUT2D eigenvalue weighted by molar-refractivity contribution is -0.117. The summed E-state index contributed by atoms with van der Waals surface area (Å²) in [5.41, 5.74) is 3.71. The zero-order chi connectivity index (χ0) is 20.5. The largest absolute Gasteiger partial charge is 0.494 e. The number of rotatable bonds is 4. The van der Waals surface area contributed by atoms with Gasteiger partial charge in [0.1, 0.15) is 5.75 Å². The molecule has 1 fully saturated rings. The Balaban J connectivity index is 1.53. The van der Waals surface area contributed by atoms with Gasteiger partial charge in [-0.2, -0.15) is 0 Å². The number of carbonyl (C=O) groups is 3. The Kier molecular flexibility index (Phi) is 4.96. The van der Waals surface area contributed by atoms with E-state index in [1.165, 1.54) is 0 Å². The smallest absolute Gasteiger partial charge is 0.255 e. The van der Waals surface area contributed by atoms with Gasteiger partial charge in [0, 0.05) is 49.4 Å². The molecule has 3 amide bonds. The van der Waals surface area contributed by atoms with Crippen LogP contribution in [0.5, 0.6) is 5.75 Å². The average molecular weight is 393 g/mol. The molecule has 7 heteroatoms. The third-order valence-corrected chi connectivity index (χ3v) is 5.42. The number of hydrogen-bond acceptors (Lipinski definition) is 4. The summed E-state index contributed by atoms with van der Waals surface area (Å²) in [4.78, 5) is 39.9. The van der Waals surface area contributed by atoms with Gasteiger partial charge in [0.15, 0.2) is 0 Å². The van der Waals surface area contributed by atoms with Gasteiger partial charge in [-0.25, -0.2) is 0 Å². The summed E-state index contributed by atoms with van der Waals surface area (Å²) >= 11 is 0. The van der Waals surface area contributed by atoms with Crippen LogP contribution < -0.4 is 19.9 Å². The number of fused-ring (bicyclic) bond motifs is 1. The molecule has 150 valence electrons. The van der Waals surface area contributed by atoms with E-state index in [9.17, 15) is 14.4 Å². The lowest BCUT2D eigenvalue weighted by Gasteiger charge is -2.19. The molecule has 0 atom stereocenters. The standard InChI is InChI=1S/C22H23N3O4/c1-14(26)24-11-9-15-12-16(5-7-18(15)24)22(28)23-17-6-8-19(20(13-17)29-2)25-10-3-4-21(25)27/h5-8,12-13H,3-4,9-11H2,1-2H3,(H,23,28). The fraction of sp³-hybridized carbons (Fsp3) is 0.318. The molecule has 0 unspecified atom stereocenters. The first-order chi connectivity index (χ1) is 14.0. The van der Waals surface area contributed by atoms with Crippen molar-refractivity contribution in [2.24, 2.45) is 0 Å². The van der Waals surface area contributed by atoms with Crippen LogP contribution in [0.15, 0.2) is 36.4 Å². The summed E-state index contributed by atoms with van der Waals surface area (Å²) in [6.45, 7) is 2.86. The first-order valence-corrected chi connectivity index (χ1v) is 9.68. The maximum atomic E-state index is 12.7. The summed E-state index contributed by atoms with van der Waals surface area (Å²) in [7, 11) is 1.55. The highest BCUT2D eigenvalue weighted by Gasteiger charge is 2.25. The van der Waals surface area contributed by atoms with E-state index in [0.717, 1.165) is 29.8 Å². The summed E-state index contributed by atoms with van der Waals surface area (Å²) in [6.07, 6.45) is 2.11. The van der Waals surface area contributed by atoms with E-state index in [4.69, 9.17) is 4.74 Å². The molecular weight excluding hydrogens is 370 g/mol. The summed E-state index contributed by atoms with van der Waals surface area (Å²) in [5, 5.41) is 2.88. The van der Waals surface area contributed by atoms with E-state index < -0.39 is 0 Å². The highest BCUT2D eigenvalue weighted by Crippen LogP contribution is 2.34. The number of nitrogens with zero attached hydrogens (tertiary/aromatic N) is 2. The van der Waals surface area contributed by atoms with Gasteiger partial charge in [0.2, 0.25) is 11.8 Å². The van der Waals surface area contributed by atoms with Crippen LogP contribution in [0.4, 0.5) is 17.1 Å². The third-order valence-electron chi connectivity index (χ3n) is 5.42. The van der Waals surface area contributed by atoms with Crippen molar-refractivity contribution in [1.29, 1.82) is 0 Å². The minimum atomic E-state index is -0.235. The molecule has 0 aromatic heterocycles. The van der Waals surface area contributed by atoms with Gasteiger partial charge in [-0.15, -0.1) is 0 Å². The van der Waals surface area contributed by atoms with Crippen molar-refractivity contribution < 1.29 is 19.1 Å². The average Bonchev–Trinajstić information content (AvgIpc) is 3.33.